The molecule has 2 amide bonds. The zero-order valence-electron chi connectivity index (χ0n) is 14.7. The summed E-state index contributed by atoms with van der Waals surface area (Å²) in [6, 6.07) is 7.56. The van der Waals surface area contributed by atoms with E-state index in [2.05, 4.69) is 15.5 Å². The van der Waals surface area contributed by atoms with E-state index in [0.717, 1.165) is 34.3 Å². The lowest BCUT2D eigenvalue weighted by atomic mass is 10.1. The molecule has 0 bridgehead atoms. The van der Waals surface area contributed by atoms with Crippen molar-refractivity contribution >= 4 is 51.7 Å². The maximum absolute atomic E-state index is 12.5. The average Bonchev–Trinajstić information content (AvgIpc) is 3.22. The van der Waals surface area contributed by atoms with Crippen molar-refractivity contribution in [3.63, 3.8) is 0 Å². The zero-order valence-corrected chi connectivity index (χ0v) is 16.3. The number of aliphatic carboxylic acids is 1. The molecule has 1 aromatic carbocycles. The number of amides is 2. The molecule has 0 saturated carbocycles. The van der Waals surface area contributed by atoms with Gasteiger partial charge < -0.3 is 20.1 Å². The number of thioether (sulfide) groups is 1. The van der Waals surface area contributed by atoms with Gasteiger partial charge in [0, 0.05) is 23.9 Å². The SMILES string of the molecule is Cc1ccc(N2C[C@H](C(=O)Nc3nnc(S[C@H](C)C(=O)[O-])s3)CC2=O)cc1. The highest BCUT2D eigenvalue weighted by Crippen LogP contribution is 2.30. The van der Waals surface area contributed by atoms with Crippen LogP contribution in [0.5, 0.6) is 0 Å². The van der Waals surface area contributed by atoms with Gasteiger partial charge in [-0.1, -0.05) is 40.8 Å². The van der Waals surface area contributed by atoms with E-state index in [1.807, 2.05) is 31.2 Å². The Morgan fingerprint density at radius 1 is 1.33 bits per heavy atom. The zero-order chi connectivity index (χ0) is 19.6. The summed E-state index contributed by atoms with van der Waals surface area (Å²) in [5, 5.41) is 20.6. The number of carbonyl (C=O) groups excluding carboxylic acids is 3. The van der Waals surface area contributed by atoms with Gasteiger partial charge in [-0.15, -0.1) is 10.2 Å². The Bertz CT molecular complexity index is 868. The fraction of sp³-hybridized carbons (Fsp3) is 0.353. The van der Waals surface area contributed by atoms with Gasteiger partial charge in [0.15, 0.2) is 4.34 Å². The molecule has 0 radical (unpaired) electrons. The molecule has 1 aliphatic heterocycles. The van der Waals surface area contributed by atoms with Crippen LogP contribution < -0.4 is 15.3 Å². The number of carboxylic acid groups (broad SMARTS) is 1. The number of aromatic nitrogens is 2. The van der Waals surface area contributed by atoms with Gasteiger partial charge in [-0.05, 0) is 26.0 Å². The number of carbonyl (C=O) groups is 3. The molecule has 1 aliphatic rings. The molecular formula is C17H17N4O4S2-. The molecule has 1 N–H and O–H groups in total. The van der Waals surface area contributed by atoms with Gasteiger partial charge in [0.1, 0.15) is 0 Å². The van der Waals surface area contributed by atoms with Crippen LogP contribution in [0.25, 0.3) is 0 Å². The monoisotopic (exact) mass is 405 g/mol. The van der Waals surface area contributed by atoms with E-state index < -0.39 is 17.1 Å². The molecule has 2 atom stereocenters. The van der Waals surface area contributed by atoms with Crippen molar-refractivity contribution in [3.8, 4) is 0 Å². The minimum absolute atomic E-state index is 0.102. The first-order valence-corrected chi connectivity index (χ1v) is 9.92. The quantitative estimate of drug-likeness (QED) is 0.564. The van der Waals surface area contributed by atoms with E-state index in [1.165, 1.54) is 6.92 Å². The number of carboxylic acids is 1. The first-order valence-electron chi connectivity index (χ1n) is 8.22. The van der Waals surface area contributed by atoms with Crippen LogP contribution in [0.1, 0.15) is 18.9 Å². The van der Waals surface area contributed by atoms with E-state index in [-0.39, 0.29) is 23.4 Å². The molecule has 8 nitrogen and oxygen atoms in total. The molecule has 142 valence electrons. The Balaban J connectivity index is 1.60. The maximum Gasteiger partial charge on any atom is 0.231 e. The lowest BCUT2D eigenvalue weighted by Crippen LogP contribution is -2.31. The predicted octanol–water partition coefficient (Wildman–Crippen LogP) is 1.07. The molecule has 0 spiro atoms. The van der Waals surface area contributed by atoms with Gasteiger partial charge in [0.05, 0.1) is 11.9 Å². The van der Waals surface area contributed by atoms with Gasteiger partial charge in [-0.2, -0.15) is 0 Å². The molecule has 0 aliphatic carbocycles. The van der Waals surface area contributed by atoms with Crippen molar-refractivity contribution < 1.29 is 19.5 Å². The summed E-state index contributed by atoms with van der Waals surface area (Å²) in [4.78, 5) is 37.1. The maximum atomic E-state index is 12.5. The first kappa shape index (κ1) is 19.3. The summed E-state index contributed by atoms with van der Waals surface area (Å²) in [5.41, 5.74) is 1.87. The molecular weight excluding hydrogens is 388 g/mol. The third-order valence-electron chi connectivity index (χ3n) is 4.09. The standard InChI is InChI=1S/C17H18N4O4S2/c1-9-3-5-12(6-4-9)21-8-11(7-13(21)22)14(23)18-16-19-20-17(27-16)26-10(2)15(24)25/h3-6,10-11H,7-8H2,1-2H3,(H,24,25)(H,18,19,23)/p-1/t10-,11-/m1/s1. The Labute approximate surface area is 164 Å². The largest absolute Gasteiger partial charge is 0.549 e. The van der Waals surface area contributed by atoms with E-state index in [1.54, 1.807) is 4.90 Å². The molecule has 2 heterocycles. The van der Waals surface area contributed by atoms with Gasteiger partial charge in [0.25, 0.3) is 0 Å². The van der Waals surface area contributed by atoms with Gasteiger partial charge >= 0.3 is 0 Å². The average molecular weight is 405 g/mol. The number of rotatable bonds is 6. The van der Waals surface area contributed by atoms with Crippen molar-refractivity contribution in [1.29, 1.82) is 0 Å². The van der Waals surface area contributed by atoms with Crippen LogP contribution in [0.15, 0.2) is 28.6 Å². The Morgan fingerprint density at radius 3 is 2.70 bits per heavy atom. The number of nitrogens with one attached hydrogen (secondary N) is 1. The van der Waals surface area contributed by atoms with Crippen molar-refractivity contribution in [1.82, 2.24) is 10.2 Å². The van der Waals surface area contributed by atoms with Crippen LogP contribution in [0, 0.1) is 12.8 Å². The van der Waals surface area contributed by atoms with E-state index >= 15 is 0 Å². The summed E-state index contributed by atoms with van der Waals surface area (Å²) >= 11 is 2.08. The molecule has 27 heavy (non-hydrogen) atoms. The summed E-state index contributed by atoms with van der Waals surface area (Å²) < 4.78 is 0.422. The van der Waals surface area contributed by atoms with Gasteiger partial charge in [0.2, 0.25) is 16.9 Å². The number of nitrogens with zero attached hydrogens (tertiary/aromatic N) is 3. The predicted molar refractivity (Wildman–Crippen MR) is 101 cm³/mol. The number of aryl methyl sites for hydroxylation is 1. The van der Waals surface area contributed by atoms with Gasteiger partial charge in [-0.25, -0.2) is 0 Å². The van der Waals surface area contributed by atoms with Crippen LogP contribution in [-0.2, 0) is 14.4 Å². The van der Waals surface area contributed by atoms with Crippen molar-refractivity contribution in [2.24, 2.45) is 5.92 Å². The van der Waals surface area contributed by atoms with Crippen LogP contribution in [-0.4, -0.2) is 39.8 Å². The summed E-state index contributed by atoms with van der Waals surface area (Å²) in [6.07, 6.45) is 0.127. The number of hydrogen-bond acceptors (Lipinski definition) is 8. The Hall–Kier alpha value is -2.46. The molecule has 2 aromatic rings. The minimum Gasteiger partial charge on any atom is -0.549 e. The molecule has 3 rings (SSSR count). The first-order chi connectivity index (χ1) is 12.8. The van der Waals surface area contributed by atoms with Crippen LogP contribution >= 0.6 is 23.1 Å². The highest BCUT2D eigenvalue weighted by molar-refractivity contribution is 8.02. The van der Waals surface area contributed by atoms with Crippen molar-refractivity contribution in [3.05, 3.63) is 29.8 Å². The summed E-state index contributed by atoms with van der Waals surface area (Å²) in [6.45, 7) is 3.76. The minimum atomic E-state index is -1.19. The topological polar surface area (TPSA) is 115 Å². The smallest absolute Gasteiger partial charge is 0.231 e. The highest BCUT2D eigenvalue weighted by atomic mass is 32.2. The molecule has 1 saturated heterocycles. The second-order valence-electron chi connectivity index (χ2n) is 6.18. The molecule has 1 aromatic heterocycles. The molecule has 1 fully saturated rings. The van der Waals surface area contributed by atoms with Crippen LogP contribution in [0.2, 0.25) is 0 Å². The molecule has 10 heteroatoms. The van der Waals surface area contributed by atoms with Crippen LogP contribution in [0.3, 0.4) is 0 Å². The number of benzene rings is 1. The van der Waals surface area contributed by atoms with E-state index in [0.29, 0.717) is 10.9 Å². The lowest BCUT2D eigenvalue weighted by molar-refractivity contribution is -0.304. The summed E-state index contributed by atoms with van der Waals surface area (Å²) in [5.74, 6) is -2.09. The fourth-order valence-electron chi connectivity index (χ4n) is 2.57. The lowest BCUT2D eigenvalue weighted by Gasteiger charge is -2.16. The third kappa shape index (κ3) is 4.64. The summed E-state index contributed by atoms with van der Waals surface area (Å²) in [7, 11) is 0. The second kappa shape index (κ2) is 8.05. The van der Waals surface area contributed by atoms with Crippen LogP contribution in [0.4, 0.5) is 10.8 Å². The third-order valence-corrected chi connectivity index (χ3v) is 6.09. The van der Waals surface area contributed by atoms with Gasteiger partial charge in [-0.3, -0.25) is 9.59 Å². The fourth-order valence-corrected chi connectivity index (χ4v) is 4.40. The molecule has 0 unspecified atom stereocenters. The number of anilines is 2. The van der Waals surface area contributed by atoms with E-state index in [4.69, 9.17) is 0 Å². The highest BCUT2D eigenvalue weighted by Gasteiger charge is 2.35. The Morgan fingerprint density at radius 2 is 2.04 bits per heavy atom. The number of hydrogen-bond donors (Lipinski definition) is 1. The van der Waals surface area contributed by atoms with E-state index in [9.17, 15) is 19.5 Å². The van der Waals surface area contributed by atoms with Crippen molar-refractivity contribution in [2.75, 3.05) is 16.8 Å². The normalized spacial score (nSPS) is 17.8. The second-order valence-corrected chi connectivity index (χ2v) is 8.75. The van der Waals surface area contributed by atoms with Crippen molar-refractivity contribution in [2.45, 2.75) is 29.9 Å². The Kier molecular flexibility index (Phi) is 5.76.